The standard InChI is InChI=1S/C24H32O4/c1-4-7-22(25)28-21-15-17(5-2)14-18-11-10-16(3)20(24(18)21)13-12-19-8-6-9-23(26)27-19/h2,10-11,14,16-17,19-21,24H,4,6-9,12-13,15H2,1,3H3/t16-,17?,19?,20?,21-,24?/m0/s1. The Morgan fingerprint density at radius 1 is 1.39 bits per heavy atom. The third kappa shape index (κ3) is 4.87. The second-order valence-electron chi connectivity index (χ2n) is 8.44. The Kier molecular flexibility index (Phi) is 6.99. The summed E-state index contributed by atoms with van der Waals surface area (Å²) >= 11 is 0. The second-order valence-corrected chi connectivity index (χ2v) is 8.44. The second kappa shape index (κ2) is 9.45. The van der Waals surface area contributed by atoms with Crippen molar-refractivity contribution in [1.82, 2.24) is 0 Å². The minimum absolute atomic E-state index is 0.00341. The lowest BCUT2D eigenvalue weighted by atomic mass is 9.65. The molecule has 0 aromatic rings. The molecule has 1 saturated heterocycles. The summed E-state index contributed by atoms with van der Waals surface area (Å²) in [7, 11) is 0. The molecule has 4 nitrogen and oxygen atoms in total. The fourth-order valence-corrected chi connectivity index (χ4v) is 4.92. The summed E-state index contributed by atoms with van der Waals surface area (Å²) in [6.45, 7) is 4.21. The van der Waals surface area contributed by atoms with E-state index in [-0.39, 0.29) is 36.0 Å². The number of terminal acetylenes is 1. The number of rotatable bonds is 6. The molecule has 0 spiro atoms. The molecule has 3 aliphatic rings. The molecule has 28 heavy (non-hydrogen) atoms. The Balaban J connectivity index is 1.76. The van der Waals surface area contributed by atoms with Gasteiger partial charge in [0, 0.05) is 31.1 Å². The third-order valence-electron chi connectivity index (χ3n) is 6.37. The fourth-order valence-electron chi connectivity index (χ4n) is 4.92. The van der Waals surface area contributed by atoms with Crippen LogP contribution in [0.2, 0.25) is 0 Å². The first kappa shape index (κ1) is 20.7. The van der Waals surface area contributed by atoms with Gasteiger partial charge in [0.25, 0.3) is 0 Å². The zero-order valence-corrected chi connectivity index (χ0v) is 17.1. The Hall–Kier alpha value is -2.02. The predicted molar refractivity (Wildman–Crippen MR) is 108 cm³/mol. The van der Waals surface area contributed by atoms with Gasteiger partial charge >= 0.3 is 11.9 Å². The number of ether oxygens (including phenoxy) is 2. The summed E-state index contributed by atoms with van der Waals surface area (Å²) < 4.78 is 11.4. The molecule has 0 N–H and O–H groups in total. The van der Waals surface area contributed by atoms with Gasteiger partial charge in [-0.1, -0.05) is 38.0 Å². The third-order valence-corrected chi connectivity index (χ3v) is 6.37. The van der Waals surface area contributed by atoms with Crippen LogP contribution in [-0.4, -0.2) is 24.1 Å². The van der Waals surface area contributed by atoms with Crippen LogP contribution in [0.25, 0.3) is 0 Å². The first-order chi connectivity index (χ1) is 13.5. The summed E-state index contributed by atoms with van der Waals surface area (Å²) in [5.41, 5.74) is 1.20. The molecule has 4 heteroatoms. The number of hydrogen-bond acceptors (Lipinski definition) is 4. The van der Waals surface area contributed by atoms with E-state index in [0.717, 1.165) is 32.1 Å². The van der Waals surface area contributed by atoms with Gasteiger partial charge in [-0.2, -0.15) is 0 Å². The van der Waals surface area contributed by atoms with Gasteiger partial charge in [-0.3, -0.25) is 9.59 Å². The van der Waals surface area contributed by atoms with E-state index in [9.17, 15) is 9.59 Å². The van der Waals surface area contributed by atoms with Crippen LogP contribution in [-0.2, 0) is 19.1 Å². The molecule has 6 atom stereocenters. The quantitative estimate of drug-likeness (QED) is 0.496. The zero-order valence-electron chi connectivity index (χ0n) is 17.1. The van der Waals surface area contributed by atoms with Gasteiger partial charge in [0.1, 0.15) is 12.2 Å². The molecule has 0 aromatic heterocycles. The minimum Gasteiger partial charge on any atom is -0.462 e. The molecule has 1 heterocycles. The van der Waals surface area contributed by atoms with Gasteiger partial charge in [0.15, 0.2) is 0 Å². The SMILES string of the molecule is C#CC1C=C2C=C[C@H](C)C(CCC3CCCC(=O)O3)C2[C@@H](OC(=O)CCC)C1. The average molecular weight is 385 g/mol. The van der Waals surface area contributed by atoms with Crippen molar-refractivity contribution in [1.29, 1.82) is 0 Å². The number of allylic oxidation sites excluding steroid dienone is 3. The van der Waals surface area contributed by atoms with Crippen LogP contribution >= 0.6 is 0 Å². The molecule has 1 fully saturated rings. The number of carbonyl (C=O) groups excluding carboxylic acids is 2. The normalized spacial score (nSPS) is 34.6. The lowest BCUT2D eigenvalue weighted by Crippen LogP contribution is -2.41. The van der Waals surface area contributed by atoms with Crippen LogP contribution in [0.1, 0.15) is 65.2 Å². The van der Waals surface area contributed by atoms with Crippen LogP contribution in [0.15, 0.2) is 23.8 Å². The molecule has 3 rings (SSSR count). The first-order valence-corrected chi connectivity index (χ1v) is 10.8. The van der Waals surface area contributed by atoms with E-state index in [2.05, 4.69) is 31.1 Å². The molecule has 0 aromatic carbocycles. The van der Waals surface area contributed by atoms with Crippen LogP contribution in [0.4, 0.5) is 0 Å². The Morgan fingerprint density at radius 2 is 2.21 bits per heavy atom. The number of carbonyl (C=O) groups is 2. The van der Waals surface area contributed by atoms with Crippen molar-refractivity contribution >= 4 is 11.9 Å². The monoisotopic (exact) mass is 384 g/mol. The highest BCUT2D eigenvalue weighted by Crippen LogP contribution is 2.45. The summed E-state index contributed by atoms with van der Waals surface area (Å²) in [5.74, 6) is 3.54. The van der Waals surface area contributed by atoms with E-state index in [1.54, 1.807) is 0 Å². The largest absolute Gasteiger partial charge is 0.462 e. The maximum atomic E-state index is 12.2. The summed E-state index contributed by atoms with van der Waals surface area (Å²) in [5, 5.41) is 0. The Bertz CT molecular complexity index is 683. The summed E-state index contributed by atoms with van der Waals surface area (Å²) in [4.78, 5) is 23.8. The highest BCUT2D eigenvalue weighted by atomic mass is 16.5. The number of esters is 2. The molecule has 152 valence electrons. The number of hydrogen-bond donors (Lipinski definition) is 0. The van der Waals surface area contributed by atoms with Gasteiger partial charge in [0.2, 0.25) is 0 Å². The van der Waals surface area contributed by atoms with Gasteiger partial charge < -0.3 is 9.47 Å². The molecule has 4 unspecified atom stereocenters. The Morgan fingerprint density at radius 3 is 2.93 bits per heavy atom. The van der Waals surface area contributed by atoms with E-state index in [4.69, 9.17) is 15.9 Å². The number of fused-ring (bicyclic) bond motifs is 1. The Labute approximate surface area is 168 Å². The first-order valence-electron chi connectivity index (χ1n) is 10.8. The van der Waals surface area contributed by atoms with Crippen LogP contribution in [0.3, 0.4) is 0 Å². The molecular formula is C24H32O4. The average Bonchev–Trinajstić information content (AvgIpc) is 2.67. The van der Waals surface area contributed by atoms with E-state index in [1.165, 1.54) is 5.57 Å². The summed E-state index contributed by atoms with van der Waals surface area (Å²) in [6.07, 6.45) is 18.3. The predicted octanol–water partition coefficient (Wildman–Crippen LogP) is 4.59. The fraction of sp³-hybridized carbons (Fsp3) is 0.667. The van der Waals surface area contributed by atoms with Crippen LogP contribution < -0.4 is 0 Å². The van der Waals surface area contributed by atoms with Gasteiger partial charge in [-0.05, 0) is 49.5 Å². The van der Waals surface area contributed by atoms with Gasteiger partial charge in [-0.15, -0.1) is 6.42 Å². The highest BCUT2D eigenvalue weighted by Gasteiger charge is 2.42. The lowest BCUT2D eigenvalue weighted by Gasteiger charge is -2.43. The maximum Gasteiger partial charge on any atom is 0.306 e. The van der Waals surface area contributed by atoms with Crippen LogP contribution in [0, 0.1) is 36.0 Å². The van der Waals surface area contributed by atoms with Crippen molar-refractivity contribution < 1.29 is 19.1 Å². The van der Waals surface area contributed by atoms with Crippen molar-refractivity contribution in [3.05, 3.63) is 23.8 Å². The molecule has 1 aliphatic heterocycles. The maximum absolute atomic E-state index is 12.2. The highest BCUT2D eigenvalue weighted by molar-refractivity contribution is 5.70. The van der Waals surface area contributed by atoms with Crippen molar-refractivity contribution in [2.75, 3.05) is 0 Å². The molecule has 0 saturated carbocycles. The van der Waals surface area contributed by atoms with E-state index >= 15 is 0 Å². The molecule has 0 radical (unpaired) electrons. The zero-order chi connectivity index (χ0) is 20.1. The smallest absolute Gasteiger partial charge is 0.306 e. The van der Waals surface area contributed by atoms with Crippen molar-refractivity contribution in [2.45, 2.75) is 77.4 Å². The van der Waals surface area contributed by atoms with Crippen LogP contribution in [0.5, 0.6) is 0 Å². The number of cyclic esters (lactones) is 1. The van der Waals surface area contributed by atoms with Crippen molar-refractivity contribution in [2.24, 2.45) is 23.7 Å². The lowest BCUT2D eigenvalue weighted by molar-refractivity contribution is -0.156. The summed E-state index contributed by atoms with van der Waals surface area (Å²) in [6, 6.07) is 0. The van der Waals surface area contributed by atoms with Crippen molar-refractivity contribution in [3.8, 4) is 12.3 Å². The van der Waals surface area contributed by atoms with E-state index in [1.807, 2.05) is 6.92 Å². The topological polar surface area (TPSA) is 52.6 Å². The minimum atomic E-state index is -0.175. The van der Waals surface area contributed by atoms with Gasteiger partial charge in [-0.25, -0.2) is 0 Å². The van der Waals surface area contributed by atoms with Gasteiger partial charge in [0.05, 0.1) is 0 Å². The van der Waals surface area contributed by atoms with Crippen molar-refractivity contribution in [3.63, 3.8) is 0 Å². The molecule has 0 bridgehead atoms. The van der Waals surface area contributed by atoms with E-state index < -0.39 is 0 Å². The molecular weight excluding hydrogens is 352 g/mol. The molecule has 2 aliphatic carbocycles. The van der Waals surface area contributed by atoms with E-state index in [0.29, 0.717) is 31.1 Å². The molecule has 0 amide bonds.